The van der Waals surface area contributed by atoms with Crippen LogP contribution in [0.25, 0.3) is 0 Å². The highest BCUT2D eigenvalue weighted by Gasteiger charge is 2.31. The van der Waals surface area contributed by atoms with E-state index in [1.165, 1.54) is 18.2 Å². The number of halogens is 5. The molecule has 20 heavy (non-hydrogen) atoms. The molecule has 0 amide bonds. The van der Waals surface area contributed by atoms with Crippen LogP contribution in [0.5, 0.6) is 0 Å². The number of hydrogen-bond acceptors (Lipinski definition) is 1. The fourth-order valence-corrected chi connectivity index (χ4v) is 2.36. The fraction of sp³-hybridized carbons (Fsp3) is 0.143. The van der Waals surface area contributed by atoms with Crippen molar-refractivity contribution in [1.29, 1.82) is 0 Å². The maximum atomic E-state index is 13.0. The van der Waals surface area contributed by atoms with Crippen LogP contribution >= 0.6 is 15.9 Å². The van der Waals surface area contributed by atoms with Gasteiger partial charge < -0.3 is 5.11 Å². The van der Waals surface area contributed by atoms with E-state index in [2.05, 4.69) is 15.9 Å². The van der Waals surface area contributed by atoms with E-state index in [4.69, 9.17) is 0 Å². The molecule has 0 aromatic heterocycles. The lowest BCUT2D eigenvalue weighted by Gasteiger charge is -2.15. The van der Waals surface area contributed by atoms with Crippen LogP contribution in [-0.4, -0.2) is 5.11 Å². The Morgan fingerprint density at radius 2 is 1.75 bits per heavy atom. The smallest absolute Gasteiger partial charge is 0.384 e. The quantitative estimate of drug-likeness (QED) is 0.780. The molecule has 0 aliphatic carbocycles. The molecule has 0 aliphatic heterocycles. The van der Waals surface area contributed by atoms with Crippen LogP contribution in [0.4, 0.5) is 17.6 Å². The average Bonchev–Trinajstić information content (AvgIpc) is 2.37. The second-order valence-electron chi connectivity index (χ2n) is 4.19. The zero-order valence-corrected chi connectivity index (χ0v) is 11.5. The number of benzene rings is 2. The molecule has 1 unspecified atom stereocenters. The maximum Gasteiger partial charge on any atom is 0.416 e. The molecule has 1 atom stereocenters. The summed E-state index contributed by atoms with van der Waals surface area (Å²) >= 11 is 3.08. The number of hydrogen-bond donors (Lipinski definition) is 1. The summed E-state index contributed by atoms with van der Waals surface area (Å²) < 4.78 is 51.1. The lowest BCUT2D eigenvalue weighted by molar-refractivity contribution is -0.137. The number of aliphatic hydroxyl groups is 1. The van der Waals surface area contributed by atoms with Crippen molar-refractivity contribution in [2.24, 2.45) is 0 Å². The first kappa shape index (κ1) is 15.0. The molecule has 0 saturated carbocycles. The van der Waals surface area contributed by atoms with E-state index in [-0.39, 0.29) is 5.56 Å². The summed E-state index contributed by atoms with van der Waals surface area (Å²) in [6.07, 6.45) is -5.75. The number of rotatable bonds is 2. The molecule has 6 heteroatoms. The van der Waals surface area contributed by atoms with Crippen molar-refractivity contribution < 1.29 is 22.7 Å². The second kappa shape index (κ2) is 5.54. The molecule has 0 radical (unpaired) electrons. The highest BCUT2D eigenvalue weighted by molar-refractivity contribution is 9.10. The minimum Gasteiger partial charge on any atom is -0.384 e. The first-order chi connectivity index (χ1) is 9.29. The molecule has 1 N–H and O–H groups in total. The topological polar surface area (TPSA) is 20.2 Å². The summed E-state index contributed by atoms with van der Waals surface area (Å²) in [7, 11) is 0. The molecule has 0 bridgehead atoms. The van der Waals surface area contributed by atoms with Gasteiger partial charge in [-0.3, -0.25) is 0 Å². The zero-order valence-electron chi connectivity index (χ0n) is 9.96. The standard InChI is InChI=1S/C14H9BrF4O/c15-12-7-10(16)4-5-11(12)13(20)8-2-1-3-9(6-8)14(17,18)19/h1-7,13,20H. The van der Waals surface area contributed by atoms with Crippen LogP contribution < -0.4 is 0 Å². The second-order valence-corrected chi connectivity index (χ2v) is 5.05. The zero-order chi connectivity index (χ0) is 14.9. The van der Waals surface area contributed by atoms with Crippen molar-refractivity contribution in [1.82, 2.24) is 0 Å². The Morgan fingerprint density at radius 3 is 2.35 bits per heavy atom. The van der Waals surface area contributed by atoms with E-state index in [9.17, 15) is 22.7 Å². The Labute approximate surface area is 121 Å². The Bertz CT molecular complexity index is 625. The molecule has 0 aliphatic rings. The van der Waals surface area contributed by atoms with Crippen LogP contribution in [0.15, 0.2) is 46.9 Å². The van der Waals surface area contributed by atoms with Crippen molar-refractivity contribution in [3.05, 3.63) is 69.4 Å². The third-order valence-corrected chi connectivity index (χ3v) is 3.47. The number of alkyl halides is 3. The Balaban J connectivity index is 2.41. The van der Waals surface area contributed by atoms with Crippen molar-refractivity contribution >= 4 is 15.9 Å². The average molecular weight is 349 g/mol. The van der Waals surface area contributed by atoms with E-state index in [0.29, 0.717) is 10.0 Å². The van der Waals surface area contributed by atoms with Crippen molar-refractivity contribution in [3.8, 4) is 0 Å². The fourth-order valence-electron chi connectivity index (χ4n) is 1.79. The summed E-state index contributed by atoms with van der Waals surface area (Å²) in [6, 6.07) is 8.01. The van der Waals surface area contributed by atoms with Gasteiger partial charge in [-0.15, -0.1) is 0 Å². The molecular formula is C14H9BrF4O. The van der Waals surface area contributed by atoms with Crippen LogP contribution in [0.2, 0.25) is 0 Å². The van der Waals surface area contributed by atoms with Gasteiger partial charge in [-0.1, -0.05) is 34.1 Å². The first-order valence-corrected chi connectivity index (χ1v) is 6.38. The highest BCUT2D eigenvalue weighted by Crippen LogP contribution is 2.34. The molecule has 1 nitrogen and oxygen atoms in total. The van der Waals surface area contributed by atoms with E-state index in [0.717, 1.165) is 24.3 Å². The van der Waals surface area contributed by atoms with Crippen LogP contribution in [-0.2, 0) is 6.18 Å². The molecule has 2 aromatic rings. The van der Waals surface area contributed by atoms with Gasteiger partial charge in [0.25, 0.3) is 0 Å². The third-order valence-electron chi connectivity index (χ3n) is 2.79. The van der Waals surface area contributed by atoms with Crippen LogP contribution in [0.1, 0.15) is 22.8 Å². The van der Waals surface area contributed by atoms with E-state index in [1.807, 2.05) is 0 Å². The molecule has 2 rings (SSSR count). The first-order valence-electron chi connectivity index (χ1n) is 5.59. The summed E-state index contributed by atoms with van der Waals surface area (Å²) in [4.78, 5) is 0. The summed E-state index contributed by atoms with van der Waals surface area (Å²) in [5.41, 5.74) is -0.454. The van der Waals surface area contributed by atoms with Gasteiger partial charge in [0.05, 0.1) is 5.56 Å². The predicted octanol–water partition coefficient (Wildman–Crippen LogP) is 4.69. The summed E-state index contributed by atoms with van der Waals surface area (Å²) in [6.45, 7) is 0. The molecule has 0 heterocycles. The normalized spacial score (nSPS) is 13.3. The Hall–Kier alpha value is -1.40. The predicted molar refractivity (Wildman–Crippen MR) is 69.6 cm³/mol. The monoisotopic (exact) mass is 348 g/mol. The number of aliphatic hydroxyl groups excluding tert-OH is 1. The molecule has 0 saturated heterocycles. The summed E-state index contributed by atoms with van der Waals surface area (Å²) in [5.74, 6) is -0.503. The van der Waals surface area contributed by atoms with Crippen LogP contribution in [0, 0.1) is 5.82 Å². The molecule has 2 aromatic carbocycles. The Kier molecular flexibility index (Phi) is 4.15. The molecule has 106 valence electrons. The van der Waals surface area contributed by atoms with Gasteiger partial charge >= 0.3 is 6.18 Å². The highest BCUT2D eigenvalue weighted by atomic mass is 79.9. The van der Waals surface area contributed by atoms with Gasteiger partial charge in [0, 0.05) is 4.47 Å². The van der Waals surface area contributed by atoms with Crippen molar-refractivity contribution in [3.63, 3.8) is 0 Å². The SMILES string of the molecule is OC(c1cccc(C(F)(F)F)c1)c1ccc(F)cc1Br. The van der Waals surface area contributed by atoms with Crippen molar-refractivity contribution in [2.45, 2.75) is 12.3 Å². The van der Waals surface area contributed by atoms with Gasteiger partial charge in [-0.25, -0.2) is 4.39 Å². The molecule has 0 spiro atoms. The van der Waals surface area contributed by atoms with Gasteiger partial charge in [-0.2, -0.15) is 13.2 Å². The van der Waals surface area contributed by atoms with Gasteiger partial charge in [0.15, 0.2) is 0 Å². The van der Waals surface area contributed by atoms with E-state index < -0.39 is 23.7 Å². The van der Waals surface area contributed by atoms with Gasteiger partial charge in [-0.05, 0) is 35.4 Å². The third kappa shape index (κ3) is 3.19. The van der Waals surface area contributed by atoms with Gasteiger partial charge in [0.1, 0.15) is 11.9 Å². The maximum absolute atomic E-state index is 13.0. The molecule has 0 fully saturated rings. The van der Waals surface area contributed by atoms with Gasteiger partial charge in [0.2, 0.25) is 0 Å². The van der Waals surface area contributed by atoms with Crippen LogP contribution in [0.3, 0.4) is 0 Å². The molecular weight excluding hydrogens is 340 g/mol. The minimum atomic E-state index is -4.48. The lowest BCUT2D eigenvalue weighted by Crippen LogP contribution is -2.07. The van der Waals surface area contributed by atoms with Crippen molar-refractivity contribution in [2.75, 3.05) is 0 Å². The largest absolute Gasteiger partial charge is 0.416 e. The summed E-state index contributed by atoms with van der Waals surface area (Å²) in [5, 5.41) is 10.1. The minimum absolute atomic E-state index is 0.0899. The Morgan fingerprint density at radius 1 is 1.05 bits per heavy atom. The van der Waals surface area contributed by atoms with E-state index >= 15 is 0 Å². The lowest BCUT2D eigenvalue weighted by atomic mass is 9.99. The van der Waals surface area contributed by atoms with E-state index in [1.54, 1.807) is 0 Å².